The number of hydrogen-bond acceptors (Lipinski definition) is 7. The highest BCUT2D eigenvalue weighted by Gasteiger charge is 2.40. The topological polar surface area (TPSA) is 179 Å². The fourth-order valence-electron chi connectivity index (χ4n) is 3.59. The van der Waals surface area contributed by atoms with E-state index in [4.69, 9.17) is 10.8 Å². The van der Waals surface area contributed by atoms with Crippen LogP contribution in [-0.4, -0.2) is 87.5 Å². The number of amides is 3. The molecule has 0 aromatic heterocycles. The van der Waals surface area contributed by atoms with Crippen LogP contribution in [0.4, 0.5) is 0 Å². The molecule has 0 aromatic rings. The Kier molecular flexibility index (Phi) is 12.2. The molecular formula is C21H36N4O7S. The molecule has 0 bridgehead atoms. The van der Waals surface area contributed by atoms with Crippen molar-refractivity contribution in [2.24, 2.45) is 11.7 Å². The summed E-state index contributed by atoms with van der Waals surface area (Å²) < 4.78 is 0. The summed E-state index contributed by atoms with van der Waals surface area (Å²) in [7, 11) is 0. The van der Waals surface area contributed by atoms with Crippen LogP contribution in [0.3, 0.4) is 0 Å². The minimum absolute atomic E-state index is 0.208. The first kappa shape index (κ1) is 28.7. The molecule has 1 rings (SSSR count). The first-order valence-electron chi connectivity index (χ1n) is 11.1. The van der Waals surface area contributed by atoms with E-state index < -0.39 is 60.2 Å². The van der Waals surface area contributed by atoms with Crippen LogP contribution in [0.25, 0.3) is 0 Å². The van der Waals surface area contributed by atoms with Crippen LogP contribution in [0, 0.1) is 5.92 Å². The van der Waals surface area contributed by atoms with Crippen LogP contribution in [0.5, 0.6) is 0 Å². The maximum Gasteiger partial charge on any atom is 0.326 e. The Morgan fingerprint density at radius 1 is 1.15 bits per heavy atom. The zero-order valence-corrected chi connectivity index (χ0v) is 20.2. The lowest BCUT2D eigenvalue weighted by Crippen LogP contribution is -2.58. The van der Waals surface area contributed by atoms with Gasteiger partial charge in [0.1, 0.15) is 18.1 Å². The Morgan fingerprint density at radius 2 is 1.82 bits per heavy atom. The van der Waals surface area contributed by atoms with Crippen molar-refractivity contribution in [3.8, 4) is 0 Å². The molecule has 0 radical (unpaired) electrons. The molecule has 0 aromatic carbocycles. The Hall–Kier alpha value is -2.34. The molecule has 1 aliphatic heterocycles. The third-order valence-corrected chi connectivity index (χ3v) is 6.49. The fourth-order valence-corrected chi connectivity index (χ4v) is 4.08. The molecule has 11 nitrogen and oxygen atoms in total. The number of likely N-dealkylation sites (tertiary alicyclic amines) is 1. The zero-order chi connectivity index (χ0) is 25.1. The van der Waals surface area contributed by atoms with Gasteiger partial charge in [-0.15, -0.1) is 0 Å². The van der Waals surface area contributed by atoms with E-state index >= 15 is 0 Å². The molecule has 6 N–H and O–H groups in total. The third kappa shape index (κ3) is 8.84. The van der Waals surface area contributed by atoms with Gasteiger partial charge < -0.3 is 31.5 Å². The minimum atomic E-state index is -1.37. The van der Waals surface area contributed by atoms with Crippen LogP contribution < -0.4 is 16.4 Å². The number of thioether (sulfide) groups is 1. The van der Waals surface area contributed by atoms with E-state index in [2.05, 4.69) is 10.6 Å². The first-order valence-corrected chi connectivity index (χ1v) is 12.5. The van der Waals surface area contributed by atoms with Crippen molar-refractivity contribution in [2.75, 3.05) is 18.6 Å². The number of nitrogens with one attached hydrogen (secondary N) is 2. The summed E-state index contributed by atoms with van der Waals surface area (Å²) in [5, 5.41) is 23.2. The lowest BCUT2D eigenvalue weighted by molar-refractivity contribution is -0.146. The van der Waals surface area contributed by atoms with Gasteiger partial charge in [0.15, 0.2) is 0 Å². The van der Waals surface area contributed by atoms with E-state index in [1.165, 1.54) is 4.90 Å². The van der Waals surface area contributed by atoms with Crippen molar-refractivity contribution >= 4 is 41.4 Å². The second kappa shape index (κ2) is 14.0. The summed E-state index contributed by atoms with van der Waals surface area (Å²) in [5.41, 5.74) is 5.94. The van der Waals surface area contributed by atoms with Crippen molar-refractivity contribution in [3.63, 3.8) is 0 Å². The average molecular weight is 489 g/mol. The number of carboxylic acids is 2. The van der Waals surface area contributed by atoms with Gasteiger partial charge in [-0.25, -0.2) is 4.79 Å². The van der Waals surface area contributed by atoms with Gasteiger partial charge in [-0.2, -0.15) is 11.8 Å². The van der Waals surface area contributed by atoms with Crippen LogP contribution in [0.2, 0.25) is 0 Å². The van der Waals surface area contributed by atoms with E-state index in [1.807, 2.05) is 20.1 Å². The van der Waals surface area contributed by atoms with Crippen molar-refractivity contribution < 1.29 is 34.2 Å². The van der Waals surface area contributed by atoms with Crippen molar-refractivity contribution in [2.45, 2.75) is 76.5 Å². The predicted octanol–water partition coefficient (Wildman–Crippen LogP) is 0.0229. The summed E-state index contributed by atoms with van der Waals surface area (Å²) >= 11 is 1.56. The van der Waals surface area contributed by atoms with Gasteiger partial charge in [0, 0.05) is 13.0 Å². The standard InChI is InChI=1S/C21H36N4O7S/c1-4-12(2)17(24-18(28)13(22)9-11-33-3)20(30)25-10-5-6-15(25)19(29)23-14(21(31)32)7-8-16(26)27/h12-15,17H,4-11,22H2,1-3H3,(H,23,29)(H,24,28)(H,26,27)(H,31,32). The molecule has 33 heavy (non-hydrogen) atoms. The summed E-state index contributed by atoms with van der Waals surface area (Å²) in [6.45, 7) is 4.01. The highest BCUT2D eigenvalue weighted by Crippen LogP contribution is 2.22. The molecule has 1 saturated heterocycles. The summed E-state index contributed by atoms with van der Waals surface area (Å²) in [6.07, 6.45) is 3.20. The monoisotopic (exact) mass is 488 g/mol. The molecular weight excluding hydrogens is 452 g/mol. The molecule has 0 aliphatic carbocycles. The van der Waals surface area contributed by atoms with E-state index in [0.717, 1.165) is 0 Å². The second-order valence-corrected chi connectivity index (χ2v) is 9.27. The molecule has 5 atom stereocenters. The van der Waals surface area contributed by atoms with E-state index in [0.29, 0.717) is 38.0 Å². The Morgan fingerprint density at radius 3 is 2.36 bits per heavy atom. The SMILES string of the molecule is CCC(C)C(NC(=O)C(N)CCSC)C(=O)N1CCCC1C(=O)NC(CCC(=O)O)C(=O)O. The van der Waals surface area contributed by atoms with E-state index in [9.17, 15) is 29.1 Å². The van der Waals surface area contributed by atoms with E-state index in [-0.39, 0.29) is 12.3 Å². The van der Waals surface area contributed by atoms with Crippen molar-refractivity contribution in [1.82, 2.24) is 15.5 Å². The summed E-state index contributed by atoms with van der Waals surface area (Å²) in [4.78, 5) is 62.3. The third-order valence-electron chi connectivity index (χ3n) is 5.85. The molecule has 1 heterocycles. The number of hydrogen-bond donors (Lipinski definition) is 5. The maximum atomic E-state index is 13.4. The van der Waals surface area contributed by atoms with Gasteiger partial charge in [-0.1, -0.05) is 20.3 Å². The van der Waals surface area contributed by atoms with Gasteiger partial charge in [0.25, 0.3) is 0 Å². The second-order valence-electron chi connectivity index (χ2n) is 8.28. The average Bonchev–Trinajstić information content (AvgIpc) is 3.26. The van der Waals surface area contributed by atoms with Crippen LogP contribution >= 0.6 is 11.8 Å². The highest BCUT2D eigenvalue weighted by atomic mass is 32.2. The number of rotatable bonds is 14. The molecule has 12 heteroatoms. The molecule has 188 valence electrons. The quantitative estimate of drug-likeness (QED) is 0.225. The molecule has 0 spiro atoms. The predicted molar refractivity (Wildman–Crippen MR) is 124 cm³/mol. The van der Waals surface area contributed by atoms with Gasteiger partial charge in [-0.05, 0) is 43.6 Å². The Bertz CT molecular complexity index is 721. The summed E-state index contributed by atoms with van der Waals surface area (Å²) in [5.74, 6) is -3.50. The van der Waals surface area contributed by atoms with E-state index in [1.54, 1.807) is 11.8 Å². The smallest absolute Gasteiger partial charge is 0.326 e. The van der Waals surface area contributed by atoms with Crippen LogP contribution in [0.1, 0.15) is 52.4 Å². The number of aliphatic carboxylic acids is 2. The largest absolute Gasteiger partial charge is 0.481 e. The number of carboxylic acid groups (broad SMARTS) is 2. The minimum Gasteiger partial charge on any atom is -0.481 e. The van der Waals surface area contributed by atoms with Crippen LogP contribution in [-0.2, 0) is 24.0 Å². The first-order chi connectivity index (χ1) is 15.5. The molecule has 3 amide bonds. The Labute approximate surface area is 198 Å². The number of nitrogens with two attached hydrogens (primary N) is 1. The van der Waals surface area contributed by atoms with Gasteiger partial charge in [0.2, 0.25) is 17.7 Å². The number of nitrogens with zero attached hydrogens (tertiary/aromatic N) is 1. The zero-order valence-electron chi connectivity index (χ0n) is 19.4. The number of carbonyl (C=O) groups is 5. The number of carbonyl (C=O) groups excluding carboxylic acids is 3. The van der Waals surface area contributed by atoms with Gasteiger partial charge >= 0.3 is 11.9 Å². The lowest BCUT2D eigenvalue weighted by Gasteiger charge is -2.32. The van der Waals surface area contributed by atoms with Crippen LogP contribution in [0.15, 0.2) is 0 Å². The maximum absolute atomic E-state index is 13.4. The molecule has 5 unspecified atom stereocenters. The summed E-state index contributed by atoms with van der Waals surface area (Å²) in [6, 6.07) is -3.87. The normalized spacial score (nSPS) is 19.3. The fraction of sp³-hybridized carbons (Fsp3) is 0.762. The Balaban J connectivity index is 2.94. The highest BCUT2D eigenvalue weighted by molar-refractivity contribution is 7.98. The van der Waals surface area contributed by atoms with Crippen molar-refractivity contribution in [1.29, 1.82) is 0 Å². The molecule has 0 saturated carbocycles. The van der Waals surface area contributed by atoms with Gasteiger partial charge in [0.05, 0.1) is 6.04 Å². The van der Waals surface area contributed by atoms with Gasteiger partial charge in [-0.3, -0.25) is 19.2 Å². The van der Waals surface area contributed by atoms with Crippen molar-refractivity contribution in [3.05, 3.63) is 0 Å². The molecule has 1 aliphatic rings. The molecule has 1 fully saturated rings. The lowest BCUT2D eigenvalue weighted by atomic mass is 9.96.